The second-order valence-corrected chi connectivity index (χ2v) is 6.06. The van der Waals surface area contributed by atoms with Crippen LogP contribution in [0.25, 0.3) is 0 Å². The molecule has 0 aliphatic carbocycles. The zero-order valence-electron chi connectivity index (χ0n) is 16.5. The molecule has 0 spiro atoms. The van der Waals surface area contributed by atoms with Gasteiger partial charge in [0, 0.05) is 0 Å². The van der Waals surface area contributed by atoms with Crippen LogP contribution in [0, 0.1) is 6.42 Å². The van der Waals surface area contributed by atoms with Crippen molar-refractivity contribution in [2.75, 3.05) is 32.8 Å². The normalized spacial score (nSPS) is 12.4. The van der Waals surface area contributed by atoms with Crippen molar-refractivity contribution < 1.29 is 54.6 Å². The van der Waals surface area contributed by atoms with Crippen molar-refractivity contribution in [3.8, 4) is 0 Å². The zero-order chi connectivity index (χ0) is 17.3. The van der Waals surface area contributed by atoms with Gasteiger partial charge in [0.15, 0.2) is 6.54 Å². The average Bonchev–Trinajstić information content (AvgIpc) is 2.94. The summed E-state index contributed by atoms with van der Waals surface area (Å²) in [4.78, 5) is 12.2. The molecule has 25 heavy (non-hydrogen) atoms. The molecule has 0 bridgehead atoms. The summed E-state index contributed by atoms with van der Waals surface area (Å²) in [7, 11) is 0. The summed E-state index contributed by atoms with van der Waals surface area (Å²) >= 11 is 0. The number of aliphatic hydroxyl groups is 1. The molecule has 6 nitrogen and oxygen atoms in total. The standard InChI is InChI=1S/C11H23.C7H12N2O3.Na.H2O/c1-3-5-7-9-11-10-8-6-4-2;10-4-3-8-1-2-9(6-8)5-7(11)12;;/h3H,4-11H2,1-2H3;6,10H,1-5H2;;1H2/q-1;;+1;. The molecule has 0 saturated heterocycles. The van der Waals surface area contributed by atoms with Crippen LogP contribution in [-0.2, 0) is 4.79 Å². The van der Waals surface area contributed by atoms with Crippen LogP contribution < -0.4 is 29.6 Å². The summed E-state index contributed by atoms with van der Waals surface area (Å²) in [6.45, 7) is 6.68. The summed E-state index contributed by atoms with van der Waals surface area (Å²) in [5, 5.41) is 17.1. The Bertz CT molecular complexity index is 320. The van der Waals surface area contributed by atoms with E-state index >= 15 is 0 Å². The molecule has 0 saturated carbocycles. The van der Waals surface area contributed by atoms with E-state index in [1.807, 2.05) is 4.90 Å². The van der Waals surface area contributed by atoms with Gasteiger partial charge in [0.25, 0.3) is 0 Å². The van der Waals surface area contributed by atoms with Gasteiger partial charge in [-0.2, -0.15) is 13.3 Å². The number of rotatable bonds is 12. The van der Waals surface area contributed by atoms with E-state index in [-0.39, 0.29) is 48.2 Å². The van der Waals surface area contributed by atoms with E-state index in [1.165, 1.54) is 51.4 Å². The largest absolute Gasteiger partial charge is 1.00 e. The summed E-state index contributed by atoms with van der Waals surface area (Å²) in [5.74, 6) is -0.822. The minimum absolute atomic E-state index is 0. The number of aliphatic hydroxyl groups excluding tert-OH is 1. The van der Waals surface area contributed by atoms with Gasteiger partial charge in [0.05, 0.1) is 6.61 Å². The number of aliphatic carboxylic acids is 1. The third kappa shape index (κ3) is 20.0. The molecule has 0 unspecified atom stereocenters. The van der Waals surface area contributed by atoms with Crippen molar-refractivity contribution in [2.24, 2.45) is 0 Å². The Kier molecular flexibility index (Phi) is 25.9. The second-order valence-electron chi connectivity index (χ2n) is 6.06. The average molecular weight is 368 g/mol. The van der Waals surface area contributed by atoms with Gasteiger partial charge in [-0.1, -0.05) is 51.9 Å². The van der Waals surface area contributed by atoms with Crippen molar-refractivity contribution >= 4 is 12.3 Å². The quantitative estimate of drug-likeness (QED) is 0.212. The molecular formula is C18H37N2NaO4. The Hall–Kier alpha value is -0.140. The van der Waals surface area contributed by atoms with E-state index in [4.69, 9.17) is 10.2 Å². The van der Waals surface area contributed by atoms with Crippen LogP contribution in [0.4, 0.5) is 0 Å². The van der Waals surface area contributed by atoms with Crippen LogP contribution in [-0.4, -0.2) is 70.3 Å². The third-order valence-corrected chi connectivity index (χ3v) is 3.82. The first-order valence-electron chi connectivity index (χ1n) is 9.07. The molecule has 0 fully saturated rings. The summed E-state index contributed by atoms with van der Waals surface area (Å²) in [6, 6.07) is 0. The van der Waals surface area contributed by atoms with Gasteiger partial charge in [-0.15, -0.1) is 0 Å². The first-order chi connectivity index (χ1) is 11.1. The molecule has 0 aromatic heterocycles. The summed E-state index contributed by atoms with van der Waals surface area (Å²) in [5.41, 5.74) is 0. The van der Waals surface area contributed by atoms with E-state index in [2.05, 4.69) is 20.3 Å². The number of carbonyl (C=O) groups is 1. The van der Waals surface area contributed by atoms with Crippen molar-refractivity contribution in [2.45, 2.75) is 65.2 Å². The maximum atomic E-state index is 10.3. The van der Waals surface area contributed by atoms with Crippen LogP contribution in [0.5, 0.6) is 0 Å². The van der Waals surface area contributed by atoms with Gasteiger partial charge < -0.3 is 22.1 Å². The molecule has 0 radical (unpaired) electrons. The number of carboxylic acid groups (broad SMARTS) is 1. The second kappa shape index (κ2) is 21.9. The number of hydrogen-bond acceptors (Lipinski definition) is 4. The Morgan fingerprint density at radius 3 is 2.32 bits per heavy atom. The number of β-amino-alcohol motifs (C(OH)–C–C–N with tert-alkyl or cyclic N) is 1. The van der Waals surface area contributed by atoms with Crippen molar-refractivity contribution in [3.63, 3.8) is 0 Å². The number of hydrogen-bond donors (Lipinski definition) is 2. The van der Waals surface area contributed by atoms with E-state index in [1.54, 1.807) is 10.9 Å². The molecule has 7 heteroatoms. The van der Waals surface area contributed by atoms with Gasteiger partial charge in [0.1, 0.15) is 19.6 Å². The number of carboxylic acids is 1. The Labute approximate surface area is 175 Å². The van der Waals surface area contributed by atoms with Crippen LogP contribution in [0.3, 0.4) is 0 Å². The topological polar surface area (TPSA) is 93.8 Å². The molecule has 0 aromatic rings. The van der Waals surface area contributed by atoms with Gasteiger partial charge in [-0.25, -0.2) is 4.79 Å². The van der Waals surface area contributed by atoms with Gasteiger partial charge >= 0.3 is 35.5 Å². The van der Waals surface area contributed by atoms with Crippen molar-refractivity contribution in [1.82, 2.24) is 4.90 Å². The van der Waals surface area contributed by atoms with Crippen LogP contribution in [0.15, 0.2) is 0 Å². The predicted octanol–water partition coefficient (Wildman–Crippen LogP) is -0.402. The smallest absolute Gasteiger partial charge is 0.870 e. The molecule has 0 aromatic carbocycles. The van der Waals surface area contributed by atoms with Crippen LogP contribution >= 0.6 is 0 Å². The van der Waals surface area contributed by atoms with Crippen molar-refractivity contribution in [1.29, 1.82) is 0 Å². The van der Waals surface area contributed by atoms with E-state index < -0.39 is 5.97 Å². The fraction of sp³-hybridized carbons (Fsp3) is 0.833. The monoisotopic (exact) mass is 368 g/mol. The molecule has 1 heterocycles. The third-order valence-electron chi connectivity index (χ3n) is 3.82. The Morgan fingerprint density at radius 2 is 1.80 bits per heavy atom. The first-order valence-corrected chi connectivity index (χ1v) is 9.07. The van der Waals surface area contributed by atoms with E-state index in [0.717, 1.165) is 13.1 Å². The van der Waals surface area contributed by atoms with E-state index in [9.17, 15) is 4.79 Å². The molecule has 1 aliphatic heterocycles. The zero-order valence-corrected chi connectivity index (χ0v) is 18.5. The number of nitrogens with zero attached hydrogens (tertiary/aromatic N) is 2. The predicted molar refractivity (Wildman–Crippen MR) is 96.9 cm³/mol. The first kappa shape index (κ1) is 29.6. The Balaban J connectivity index is -0.000000360. The van der Waals surface area contributed by atoms with Gasteiger partial charge in [-0.3, -0.25) is 9.48 Å². The van der Waals surface area contributed by atoms with Crippen LogP contribution in [0.2, 0.25) is 0 Å². The maximum Gasteiger partial charge on any atom is 1.00 e. The van der Waals surface area contributed by atoms with Crippen molar-refractivity contribution in [3.05, 3.63) is 6.42 Å². The molecule has 1 aliphatic rings. The molecule has 0 amide bonds. The molecular weight excluding hydrogens is 331 g/mol. The Morgan fingerprint density at radius 1 is 1.20 bits per heavy atom. The maximum absolute atomic E-state index is 10.3. The van der Waals surface area contributed by atoms with Crippen LogP contribution in [0.1, 0.15) is 65.2 Å². The summed E-state index contributed by atoms with van der Waals surface area (Å²) in [6.07, 6.45) is 15.3. The fourth-order valence-corrected chi connectivity index (χ4v) is 2.50. The molecule has 1 rings (SSSR count). The fourth-order valence-electron chi connectivity index (χ4n) is 2.50. The van der Waals surface area contributed by atoms with Gasteiger partial charge in [-0.05, 0) is 0 Å². The molecule has 0 atom stereocenters. The minimum Gasteiger partial charge on any atom is -0.870 e. The van der Waals surface area contributed by atoms with E-state index in [0.29, 0.717) is 6.54 Å². The molecule has 3 N–H and O–H groups in total. The number of unbranched alkanes of at least 4 members (excludes halogenated alkanes) is 8. The summed E-state index contributed by atoms with van der Waals surface area (Å²) < 4.78 is 1.72. The van der Waals surface area contributed by atoms with Gasteiger partial charge in [0.2, 0.25) is 6.34 Å². The molecule has 144 valence electrons. The SMILES string of the molecule is C[CH-]CCCCCCCCC.O=C(O)C[N+]1=CN(CCO)CC1.[Na+].[OH-]. The minimum atomic E-state index is -0.822.